The van der Waals surface area contributed by atoms with Crippen molar-refractivity contribution in [1.82, 2.24) is 14.8 Å². The Morgan fingerprint density at radius 1 is 1.30 bits per heavy atom. The molecule has 0 aliphatic carbocycles. The topological polar surface area (TPSA) is 70.9 Å². The van der Waals surface area contributed by atoms with Crippen molar-refractivity contribution >= 4 is 17.1 Å². The molecule has 20 heavy (non-hydrogen) atoms. The van der Waals surface area contributed by atoms with Gasteiger partial charge < -0.3 is 9.32 Å². The summed E-state index contributed by atoms with van der Waals surface area (Å²) in [5, 5.41) is 13.0. The molecule has 4 rings (SSSR count). The maximum absolute atomic E-state index is 8.80. The molecule has 0 unspecified atom stereocenters. The van der Waals surface area contributed by atoms with Crippen LogP contribution >= 0.6 is 0 Å². The van der Waals surface area contributed by atoms with Gasteiger partial charge in [-0.15, -0.1) is 0 Å². The van der Waals surface area contributed by atoms with Gasteiger partial charge in [0.05, 0.1) is 17.8 Å². The Bertz CT molecular complexity index is 773. The van der Waals surface area contributed by atoms with E-state index >= 15 is 0 Å². The van der Waals surface area contributed by atoms with E-state index in [0.717, 1.165) is 24.2 Å². The van der Waals surface area contributed by atoms with Crippen molar-refractivity contribution in [1.29, 1.82) is 5.26 Å². The minimum absolute atomic E-state index is 0.270. The van der Waals surface area contributed by atoms with Crippen LogP contribution in [0, 0.1) is 11.3 Å². The smallest absolute Gasteiger partial charge is 0.298 e. The number of anilines is 1. The molecule has 1 aliphatic heterocycles. The molecule has 1 fully saturated rings. The van der Waals surface area contributed by atoms with Gasteiger partial charge in [-0.1, -0.05) is 12.1 Å². The average molecular weight is 265 g/mol. The molecule has 0 spiro atoms. The van der Waals surface area contributed by atoms with Gasteiger partial charge in [-0.3, -0.25) is 4.68 Å². The van der Waals surface area contributed by atoms with Gasteiger partial charge in [0.1, 0.15) is 11.6 Å². The first-order chi connectivity index (χ1) is 9.83. The molecule has 0 atom stereocenters. The second-order valence-corrected chi connectivity index (χ2v) is 4.84. The van der Waals surface area contributed by atoms with Crippen molar-refractivity contribution in [3.8, 4) is 6.07 Å². The lowest BCUT2D eigenvalue weighted by Crippen LogP contribution is -2.48. The molecule has 2 aromatic heterocycles. The van der Waals surface area contributed by atoms with Gasteiger partial charge in [-0.2, -0.15) is 15.3 Å². The maximum Gasteiger partial charge on any atom is 0.298 e. The molecule has 0 radical (unpaired) electrons. The lowest BCUT2D eigenvalue weighted by Gasteiger charge is -2.37. The van der Waals surface area contributed by atoms with Crippen LogP contribution in [-0.2, 0) is 0 Å². The summed E-state index contributed by atoms with van der Waals surface area (Å²) >= 11 is 0. The van der Waals surface area contributed by atoms with Crippen LogP contribution in [0.2, 0.25) is 0 Å². The van der Waals surface area contributed by atoms with Gasteiger partial charge in [0.15, 0.2) is 5.58 Å². The van der Waals surface area contributed by atoms with Crippen LogP contribution in [0.15, 0.2) is 41.1 Å². The highest BCUT2D eigenvalue weighted by atomic mass is 16.4. The van der Waals surface area contributed by atoms with Crippen LogP contribution in [0.5, 0.6) is 0 Å². The molecule has 98 valence electrons. The Labute approximate surface area is 114 Å². The Morgan fingerprint density at radius 3 is 2.90 bits per heavy atom. The van der Waals surface area contributed by atoms with Crippen molar-refractivity contribution in [3.63, 3.8) is 0 Å². The highest BCUT2D eigenvalue weighted by Crippen LogP contribution is 2.29. The number of nitriles is 1. The monoisotopic (exact) mass is 265 g/mol. The Hall–Kier alpha value is -2.81. The molecule has 1 saturated heterocycles. The zero-order chi connectivity index (χ0) is 13.5. The molecule has 6 heteroatoms. The van der Waals surface area contributed by atoms with E-state index in [4.69, 9.17) is 9.68 Å². The molecule has 0 bridgehead atoms. The predicted molar refractivity (Wildman–Crippen MR) is 72.2 cm³/mol. The quantitative estimate of drug-likeness (QED) is 0.708. The van der Waals surface area contributed by atoms with Crippen molar-refractivity contribution in [3.05, 3.63) is 42.2 Å². The molecular formula is C14H11N5O. The number of hydrogen-bond acceptors (Lipinski definition) is 5. The zero-order valence-electron chi connectivity index (χ0n) is 10.6. The molecule has 6 nitrogen and oxygen atoms in total. The number of fused-ring (bicyclic) bond motifs is 1. The molecule has 3 aromatic rings. The number of para-hydroxylation sites is 2. The fourth-order valence-corrected chi connectivity index (χ4v) is 2.37. The fraction of sp³-hybridized carbons (Fsp3) is 0.214. The third-order valence-corrected chi connectivity index (χ3v) is 3.52. The number of aromatic nitrogens is 3. The number of oxazole rings is 1. The summed E-state index contributed by atoms with van der Waals surface area (Å²) in [5.74, 6) is 0. The van der Waals surface area contributed by atoms with Crippen LogP contribution in [0.25, 0.3) is 11.1 Å². The van der Waals surface area contributed by atoms with Crippen LogP contribution < -0.4 is 4.90 Å². The van der Waals surface area contributed by atoms with E-state index < -0.39 is 0 Å². The largest absolute Gasteiger partial charge is 0.423 e. The van der Waals surface area contributed by atoms with Crippen LogP contribution in [0.4, 0.5) is 6.01 Å². The Kier molecular flexibility index (Phi) is 2.27. The van der Waals surface area contributed by atoms with Crippen molar-refractivity contribution in [2.24, 2.45) is 0 Å². The first kappa shape index (κ1) is 11.1. The van der Waals surface area contributed by atoms with E-state index in [1.54, 1.807) is 12.4 Å². The SMILES string of the molecule is N#Cc1cnn(C2CN(c3nc4ccccc4o3)C2)c1. The third kappa shape index (κ3) is 1.64. The lowest BCUT2D eigenvalue weighted by atomic mass is 10.1. The zero-order valence-corrected chi connectivity index (χ0v) is 10.6. The third-order valence-electron chi connectivity index (χ3n) is 3.52. The van der Waals surface area contributed by atoms with Crippen molar-refractivity contribution < 1.29 is 4.42 Å². The number of hydrogen-bond donors (Lipinski definition) is 0. The molecule has 1 aromatic carbocycles. The summed E-state index contributed by atoms with van der Waals surface area (Å²) in [7, 11) is 0. The van der Waals surface area contributed by atoms with Gasteiger partial charge >= 0.3 is 0 Å². The minimum Gasteiger partial charge on any atom is -0.423 e. The van der Waals surface area contributed by atoms with Crippen LogP contribution in [0.3, 0.4) is 0 Å². The molecule has 0 saturated carbocycles. The van der Waals surface area contributed by atoms with E-state index in [0.29, 0.717) is 11.6 Å². The van der Waals surface area contributed by atoms with E-state index in [2.05, 4.69) is 21.1 Å². The predicted octanol–water partition coefficient (Wildman–Crippen LogP) is 1.96. The normalized spacial score (nSPS) is 15.2. The van der Waals surface area contributed by atoms with Crippen LogP contribution in [-0.4, -0.2) is 27.9 Å². The summed E-state index contributed by atoms with van der Waals surface area (Å²) in [5.41, 5.74) is 2.26. The first-order valence-electron chi connectivity index (χ1n) is 6.38. The lowest BCUT2D eigenvalue weighted by molar-refractivity contribution is 0.347. The Balaban J connectivity index is 1.52. The second-order valence-electron chi connectivity index (χ2n) is 4.84. The molecule has 3 heterocycles. The summed E-state index contributed by atoms with van der Waals surface area (Å²) < 4.78 is 7.55. The molecule has 0 amide bonds. The van der Waals surface area contributed by atoms with Gasteiger partial charge in [-0.25, -0.2) is 0 Å². The van der Waals surface area contributed by atoms with Crippen LogP contribution in [0.1, 0.15) is 11.6 Å². The second kappa shape index (κ2) is 4.10. The Morgan fingerprint density at radius 2 is 2.15 bits per heavy atom. The van der Waals surface area contributed by atoms with E-state index in [1.807, 2.05) is 28.9 Å². The first-order valence-corrected chi connectivity index (χ1v) is 6.38. The molecule has 1 aliphatic rings. The van der Waals surface area contributed by atoms with E-state index in [-0.39, 0.29) is 6.04 Å². The fourth-order valence-electron chi connectivity index (χ4n) is 2.37. The van der Waals surface area contributed by atoms with E-state index in [1.165, 1.54) is 0 Å². The van der Waals surface area contributed by atoms with Gasteiger partial charge in [0.2, 0.25) is 0 Å². The van der Waals surface area contributed by atoms with Crippen molar-refractivity contribution in [2.75, 3.05) is 18.0 Å². The highest BCUT2D eigenvalue weighted by molar-refractivity contribution is 5.74. The van der Waals surface area contributed by atoms with Gasteiger partial charge in [-0.05, 0) is 12.1 Å². The standard InChI is InChI=1S/C14H11N5O/c15-5-10-6-16-19(7-10)11-8-18(9-11)14-17-12-3-1-2-4-13(12)20-14/h1-4,6-7,11H,8-9H2. The molecular weight excluding hydrogens is 254 g/mol. The van der Waals surface area contributed by atoms with Crippen molar-refractivity contribution in [2.45, 2.75) is 6.04 Å². The average Bonchev–Trinajstić information content (AvgIpc) is 3.03. The summed E-state index contributed by atoms with van der Waals surface area (Å²) in [6.45, 7) is 1.58. The summed E-state index contributed by atoms with van der Waals surface area (Å²) in [6, 6.07) is 10.7. The highest BCUT2D eigenvalue weighted by Gasteiger charge is 2.32. The molecule has 0 N–H and O–H groups in total. The van der Waals surface area contributed by atoms with Gasteiger partial charge in [0.25, 0.3) is 6.01 Å². The maximum atomic E-state index is 8.80. The summed E-state index contributed by atoms with van der Waals surface area (Å²) in [6.07, 6.45) is 3.36. The van der Waals surface area contributed by atoms with E-state index in [9.17, 15) is 0 Å². The number of rotatable bonds is 2. The number of nitrogens with zero attached hydrogens (tertiary/aromatic N) is 5. The van der Waals surface area contributed by atoms with Gasteiger partial charge in [0, 0.05) is 19.3 Å². The number of benzene rings is 1. The summed E-state index contributed by atoms with van der Waals surface area (Å²) in [4.78, 5) is 6.53. The minimum atomic E-state index is 0.270.